The lowest BCUT2D eigenvalue weighted by Gasteiger charge is -2.38. The van der Waals surface area contributed by atoms with Gasteiger partial charge in [0, 0.05) is 38.8 Å². The van der Waals surface area contributed by atoms with E-state index >= 15 is 0 Å². The van der Waals surface area contributed by atoms with Gasteiger partial charge in [0.25, 0.3) is 0 Å². The summed E-state index contributed by atoms with van der Waals surface area (Å²) in [5, 5.41) is 15.8. The van der Waals surface area contributed by atoms with Gasteiger partial charge in [-0.05, 0) is 67.6 Å². The van der Waals surface area contributed by atoms with E-state index < -0.39 is 5.60 Å². The molecule has 7 heteroatoms. The van der Waals surface area contributed by atoms with Crippen LogP contribution in [0.3, 0.4) is 0 Å². The average molecular weight is 484 g/mol. The number of ether oxygens (including phenoxy) is 2. The third kappa shape index (κ3) is 6.98. The number of aryl methyl sites for hydroxylation is 3. The highest BCUT2D eigenvalue weighted by atomic mass is 35.5. The van der Waals surface area contributed by atoms with Crippen molar-refractivity contribution in [2.45, 2.75) is 51.8 Å². The minimum Gasteiger partial charge on any atom is -0.494 e. The Kier molecular flexibility index (Phi) is 8.14. The molecule has 0 aliphatic carbocycles. The van der Waals surface area contributed by atoms with E-state index in [0.29, 0.717) is 30.2 Å². The topological polar surface area (TPSA) is 59.8 Å². The van der Waals surface area contributed by atoms with Crippen LogP contribution >= 0.6 is 11.6 Å². The van der Waals surface area contributed by atoms with Crippen LogP contribution in [0, 0.1) is 13.8 Å². The zero-order chi connectivity index (χ0) is 24.0. The second-order valence-electron chi connectivity index (χ2n) is 9.35. The van der Waals surface area contributed by atoms with E-state index in [1.807, 2.05) is 61.3 Å². The van der Waals surface area contributed by atoms with Crippen LogP contribution in [-0.4, -0.2) is 51.7 Å². The average Bonchev–Trinajstić information content (AvgIpc) is 3.25. The molecule has 4 rings (SSSR count). The van der Waals surface area contributed by atoms with Gasteiger partial charge in [-0.2, -0.15) is 5.10 Å². The monoisotopic (exact) mass is 483 g/mol. The minimum atomic E-state index is -0.823. The van der Waals surface area contributed by atoms with Crippen LogP contribution < -0.4 is 9.47 Å². The zero-order valence-corrected chi connectivity index (χ0v) is 20.8. The molecule has 2 aromatic carbocycles. The molecule has 0 bridgehead atoms. The summed E-state index contributed by atoms with van der Waals surface area (Å²) < 4.78 is 13.7. The third-order valence-electron chi connectivity index (χ3n) is 6.26. The summed E-state index contributed by atoms with van der Waals surface area (Å²) >= 11 is 6.22. The number of rotatable bonds is 10. The van der Waals surface area contributed by atoms with Crippen LogP contribution in [0.1, 0.15) is 36.0 Å². The standard InChI is InChI=1S/C27H34ClN3O3/c1-21-4-9-25(28)26(16-21)34-20-27(32)10-13-30(14-11-27)19-23-5-7-24(8-6-23)33-15-3-12-31-18-22(2)17-29-31/h4-9,16-18,32H,3,10-15,19-20H2,1-2H3. The fourth-order valence-corrected chi connectivity index (χ4v) is 4.33. The van der Waals surface area contributed by atoms with Crippen molar-refractivity contribution in [1.29, 1.82) is 0 Å². The predicted octanol–water partition coefficient (Wildman–Crippen LogP) is 5.03. The van der Waals surface area contributed by atoms with Crippen molar-refractivity contribution < 1.29 is 14.6 Å². The second kappa shape index (κ2) is 11.3. The van der Waals surface area contributed by atoms with E-state index in [9.17, 15) is 5.11 Å². The third-order valence-corrected chi connectivity index (χ3v) is 6.57. The Balaban J connectivity index is 1.17. The first kappa shape index (κ1) is 24.6. The molecule has 1 fully saturated rings. The molecule has 34 heavy (non-hydrogen) atoms. The molecule has 0 saturated carbocycles. The number of aliphatic hydroxyl groups is 1. The first-order valence-electron chi connectivity index (χ1n) is 11.9. The molecule has 1 N–H and O–H groups in total. The number of benzene rings is 2. The Labute approximate surface area is 207 Å². The van der Waals surface area contributed by atoms with E-state index in [-0.39, 0.29) is 6.61 Å². The lowest BCUT2D eigenvalue weighted by atomic mass is 9.92. The second-order valence-corrected chi connectivity index (χ2v) is 9.76. The molecule has 1 aliphatic rings. The minimum absolute atomic E-state index is 0.260. The van der Waals surface area contributed by atoms with E-state index in [1.165, 1.54) is 11.1 Å². The molecule has 1 aliphatic heterocycles. The molecule has 6 nitrogen and oxygen atoms in total. The number of piperidine rings is 1. The molecule has 1 saturated heterocycles. The number of aromatic nitrogens is 2. The molecular weight excluding hydrogens is 450 g/mol. The van der Waals surface area contributed by atoms with Crippen molar-refractivity contribution in [3.63, 3.8) is 0 Å². The number of hydrogen-bond donors (Lipinski definition) is 1. The van der Waals surface area contributed by atoms with E-state index in [1.54, 1.807) is 0 Å². The van der Waals surface area contributed by atoms with Gasteiger partial charge in [0.1, 0.15) is 23.7 Å². The smallest absolute Gasteiger partial charge is 0.138 e. The highest BCUT2D eigenvalue weighted by molar-refractivity contribution is 6.32. The molecule has 1 aromatic heterocycles. The van der Waals surface area contributed by atoms with Gasteiger partial charge in [-0.25, -0.2) is 0 Å². The Morgan fingerprint density at radius 3 is 2.50 bits per heavy atom. The number of halogens is 1. The maximum atomic E-state index is 11.0. The van der Waals surface area contributed by atoms with Gasteiger partial charge < -0.3 is 14.6 Å². The first-order valence-corrected chi connectivity index (χ1v) is 12.3. The van der Waals surface area contributed by atoms with Gasteiger partial charge in [-0.3, -0.25) is 9.58 Å². The number of hydrogen-bond acceptors (Lipinski definition) is 5. The summed E-state index contributed by atoms with van der Waals surface area (Å²) in [5.74, 6) is 1.52. The van der Waals surface area contributed by atoms with E-state index in [4.69, 9.17) is 21.1 Å². The van der Waals surface area contributed by atoms with Gasteiger partial charge in [-0.1, -0.05) is 29.8 Å². The Morgan fingerprint density at radius 1 is 1.03 bits per heavy atom. The molecule has 0 unspecified atom stereocenters. The summed E-state index contributed by atoms with van der Waals surface area (Å²) in [5.41, 5.74) is 2.68. The molecule has 2 heterocycles. The highest BCUT2D eigenvalue weighted by Gasteiger charge is 2.33. The first-order chi connectivity index (χ1) is 16.4. The summed E-state index contributed by atoms with van der Waals surface area (Å²) in [6, 6.07) is 14.0. The normalized spacial score (nSPS) is 15.9. The Hall–Kier alpha value is -2.54. The number of nitrogens with zero attached hydrogens (tertiary/aromatic N) is 3. The van der Waals surface area contributed by atoms with Gasteiger partial charge in [0.2, 0.25) is 0 Å². The fourth-order valence-electron chi connectivity index (χ4n) is 4.16. The van der Waals surface area contributed by atoms with Crippen molar-refractivity contribution >= 4 is 11.6 Å². The van der Waals surface area contributed by atoms with Crippen molar-refractivity contribution in [2.75, 3.05) is 26.3 Å². The van der Waals surface area contributed by atoms with Gasteiger partial charge in [0.05, 0.1) is 17.8 Å². The van der Waals surface area contributed by atoms with Crippen LogP contribution in [0.4, 0.5) is 0 Å². The van der Waals surface area contributed by atoms with Gasteiger partial charge >= 0.3 is 0 Å². The molecule has 0 radical (unpaired) electrons. The predicted molar refractivity (Wildman–Crippen MR) is 135 cm³/mol. The van der Waals surface area contributed by atoms with Crippen molar-refractivity contribution in [2.24, 2.45) is 0 Å². The Bertz CT molecular complexity index is 1060. The quantitative estimate of drug-likeness (QED) is 0.410. The molecule has 0 spiro atoms. The molecule has 0 amide bonds. The highest BCUT2D eigenvalue weighted by Crippen LogP contribution is 2.29. The van der Waals surface area contributed by atoms with Crippen LogP contribution in [0.15, 0.2) is 54.9 Å². The van der Waals surface area contributed by atoms with E-state index in [0.717, 1.165) is 43.9 Å². The van der Waals surface area contributed by atoms with Crippen LogP contribution in [-0.2, 0) is 13.1 Å². The molecule has 182 valence electrons. The maximum absolute atomic E-state index is 11.0. The lowest BCUT2D eigenvalue weighted by Crippen LogP contribution is -2.47. The fraction of sp³-hybridized carbons (Fsp3) is 0.444. The molecule has 3 aromatic rings. The van der Waals surface area contributed by atoms with E-state index in [2.05, 4.69) is 22.1 Å². The zero-order valence-electron chi connectivity index (χ0n) is 20.0. The van der Waals surface area contributed by atoms with Crippen molar-refractivity contribution in [3.05, 3.63) is 76.6 Å². The largest absolute Gasteiger partial charge is 0.494 e. The van der Waals surface area contributed by atoms with Crippen molar-refractivity contribution in [3.8, 4) is 11.5 Å². The van der Waals surface area contributed by atoms with Crippen LogP contribution in [0.2, 0.25) is 5.02 Å². The number of likely N-dealkylation sites (tertiary alicyclic amines) is 1. The van der Waals surface area contributed by atoms with Gasteiger partial charge in [-0.15, -0.1) is 0 Å². The van der Waals surface area contributed by atoms with Crippen LogP contribution in [0.25, 0.3) is 0 Å². The maximum Gasteiger partial charge on any atom is 0.138 e. The lowest BCUT2D eigenvalue weighted by molar-refractivity contribution is -0.0537. The summed E-state index contributed by atoms with van der Waals surface area (Å²) in [6.07, 6.45) is 6.18. The molecule has 0 atom stereocenters. The summed E-state index contributed by atoms with van der Waals surface area (Å²) in [6.45, 7) is 8.34. The molecular formula is C27H34ClN3O3. The van der Waals surface area contributed by atoms with Gasteiger partial charge in [0.15, 0.2) is 0 Å². The van der Waals surface area contributed by atoms with Crippen LogP contribution in [0.5, 0.6) is 11.5 Å². The SMILES string of the molecule is Cc1ccc(Cl)c(OCC2(O)CCN(Cc3ccc(OCCCn4cc(C)cn4)cc3)CC2)c1. The summed E-state index contributed by atoms with van der Waals surface area (Å²) in [4.78, 5) is 2.37. The summed E-state index contributed by atoms with van der Waals surface area (Å²) in [7, 11) is 0. The Morgan fingerprint density at radius 2 is 1.79 bits per heavy atom. The van der Waals surface area contributed by atoms with Crippen molar-refractivity contribution in [1.82, 2.24) is 14.7 Å².